The van der Waals surface area contributed by atoms with E-state index in [1.165, 1.54) is 31.2 Å². The fourth-order valence-corrected chi connectivity index (χ4v) is 7.62. The molecule has 0 aliphatic heterocycles. The van der Waals surface area contributed by atoms with Crippen LogP contribution < -0.4 is 20.5 Å². The third kappa shape index (κ3) is 12.8. The van der Waals surface area contributed by atoms with Crippen LogP contribution in [-0.4, -0.2) is 89.2 Å². The van der Waals surface area contributed by atoms with Gasteiger partial charge in [0.2, 0.25) is 5.91 Å². The molecule has 0 saturated carbocycles. The molecular formula is C34H32N8O19S4. The lowest BCUT2D eigenvalue weighted by Gasteiger charge is -2.14. The average Bonchev–Trinajstić information content (AvgIpc) is 3.24. The number of hydrogen-bond acceptors (Lipinski definition) is 26. The molecule has 0 aromatic heterocycles. The van der Waals surface area contributed by atoms with Crippen LogP contribution in [0.25, 0.3) is 10.8 Å². The smallest absolute Gasteiger partial charge is 0.296 e. The predicted octanol–water partition coefficient (Wildman–Crippen LogP) is 7.13. The Morgan fingerprint density at radius 3 is 1.75 bits per heavy atom. The number of azo groups is 3. The van der Waals surface area contributed by atoms with Gasteiger partial charge in [0.1, 0.15) is 68.6 Å². The summed E-state index contributed by atoms with van der Waals surface area (Å²) in [7, 11) is -10.1. The maximum Gasteiger partial charge on any atom is 0.296 e. The quantitative estimate of drug-likeness (QED) is 0.00872. The van der Waals surface area contributed by atoms with E-state index in [9.17, 15) is 51.2 Å². The number of nitrogen functional groups attached to an aromatic ring is 1. The van der Waals surface area contributed by atoms with Crippen LogP contribution in [0.2, 0.25) is 0 Å². The second-order valence-corrected chi connectivity index (χ2v) is 16.5. The molecule has 5 aromatic carbocycles. The van der Waals surface area contributed by atoms with Gasteiger partial charge in [0, 0.05) is 30.4 Å². The Morgan fingerprint density at radius 2 is 1.18 bits per heavy atom. The van der Waals surface area contributed by atoms with Gasteiger partial charge < -0.3 is 41.0 Å². The average molecular weight is 985 g/mol. The van der Waals surface area contributed by atoms with E-state index < -0.39 is 83.1 Å². The van der Waals surface area contributed by atoms with E-state index in [-0.39, 0.29) is 80.4 Å². The van der Waals surface area contributed by atoms with E-state index in [4.69, 9.17) is 25.7 Å². The summed E-state index contributed by atoms with van der Waals surface area (Å²) in [4.78, 5) is 9.56. The van der Waals surface area contributed by atoms with E-state index >= 15 is 0 Å². The molecule has 346 valence electrons. The number of phenolic OH excluding ortho intramolecular Hbond substituents is 2. The van der Waals surface area contributed by atoms with E-state index in [0.29, 0.717) is 12.0 Å². The molecule has 0 aliphatic rings. The van der Waals surface area contributed by atoms with Crippen LogP contribution in [0.4, 0.5) is 45.5 Å². The molecule has 0 fully saturated rings. The van der Waals surface area contributed by atoms with Crippen molar-refractivity contribution in [3.05, 3.63) is 60.7 Å². The number of hydrogen-bond donors (Lipinski definition) is 10. The lowest BCUT2D eigenvalue weighted by atomic mass is 10.1. The van der Waals surface area contributed by atoms with Gasteiger partial charge in [-0.05, 0) is 53.9 Å². The van der Waals surface area contributed by atoms with Gasteiger partial charge in [-0.3, -0.25) is 13.9 Å². The Kier molecular flexibility index (Phi) is 17.0. The Labute approximate surface area is 373 Å². The number of ether oxygens (including phenoxy) is 2. The summed E-state index contributed by atoms with van der Waals surface area (Å²) in [5, 5.41) is 92.4. The highest BCUT2D eigenvalue weighted by Crippen LogP contribution is 2.52. The van der Waals surface area contributed by atoms with Crippen LogP contribution in [0.3, 0.4) is 0 Å². The molecule has 5 aromatic rings. The molecule has 11 N–H and O–H groups in total. The Balaban J connectivity index is 1.69. The molecule has 0 spiro atoms. The Bertz CT molecular complexity index is 2910. The zero-order valence-electron chi connectivity index (χ0n) is 32.6. The molecular weight excluding hydrogens is 953 g/mol. The summed E-state index contributed by atoms with van der Waals surface area (Å²) in [6, 6.07) is 11.4. The van der Waals surface area contributed by atoms with Crippen molar-refractivity contribution >= 4 is 107 Å². The fraction of sp³-hybridized carbons (Fsp3) is 0.147. The van der Waals surface area contributed by atoms with Crippen LogP contribution in [0.5, 0.6) is 23.0 Å². The summed E-state index contributed by atoms with van der Waals surface area (Å²) >= 11 is 0.611. The van der Waals surface area contributed by atoms with Gasteiger partial charge in [-0.25, -0.2) is 10.5 Å². The topological polar surface area (TPSA) is 415 Å². The molecule has 0 atom stereocenters. The van der Waals surface area contributed by atoms with E-state index in [1.807, 2.05) is 0 Å². The van der Waals surface area contributed by atoms with Crippen molar-refractivity contribution in [2.24, 2.45) is 30.7 Å². The van der Waals surface area contributed by atoms with Crippen molar-refractivity contribution in [2.45, 2.75) is 26.5 Å². The SMILES string of the molecule is CC(=O)Nc1ccc(N=Nc2cc(OCCO)c(N=Nc3c(SOOO)cc4cc(S(=O)(=O)O)c(N=Nc5ccc(N)cc5SOOO)c(O)c4c3O)cc2OCCO)c(S(=O)(=O)O)c1. The third-order valence-electron chi connectivity index (χ3n) is 7.90. The molecule has 0 radical (unpaired) electrons. The van der Waals surface area contributed by atoms with Gasteiger partial charge in [0.25, 0.3) is 20.2 Å². The first-order valence-corrected chi connectivity index (χ1v) is 21.8. The molecule has 0 saturated heterocycles. The molecule has 0 unspecified atom stereocenters. The lowest BCUT2D eigenvalue weighted by Crippen LogP contribution is -2.07. The molecule has 1 amide bonds. The number of carbonyl (C=O) groups excluding carboxylic acids is 1. The number of nitrogens with two attached hydrogens (primary N) is 1. The second-order valence-electron chi connectivity index (χ2n) is 12.3. The number of amides is 1. The van der Waals surface area contributed by atoms with Gasteiger partial charge in [-0.15, -0.1) is 39.4 Å². The van der Waals surface area contributed by atoms with Gasteiger partial charge in [-0.2, -0.15) is 16.8 Å². The minimum absolute atomic E-state index is 0.00839. The van der Waals surface area contributed by atoms with E-state index in [0.717, 1.165) is 36.4 Å². The highest BCUT2D eigenvalue weighted by atomic mass is 32.2. The summed E-state index contributed by atoms with van der Waals surface area (Å²) in [6.07, 6.45) is 0. The molecule has 0 aliphatic carbocycles. The number of aliphatic hydroxyl groups is 2. The number of aliphatic hydroxyl groups excluding tert-OH is 2. The molecule has 0 heterocycles. The van der Waals surface area contributed by atoms with Crippen molar-refractivity contribution in [3.63, 3.8) is 0 Å². The van der Waals surface area contributed by atoms with E-state index in [2.05, 4.69) is 54.7 Å². The van der Waals surface area contributed by atoms with Crippen LogP contribution in [-0.2, 0) is 43.8 Å². The number of rotatable bonds is 21. The molecule has 65 heavy (non-hydrogen) atoms. The van der Waals surface area contributed by atoms with Crippen molar-refractivity contribution in [1.82, 2.24) is 0 Å². The first-order valence-electron chi connectivity index (χ1n) is 17.4. The highest BCUT2D eigenvalue weighted by Gasteiger charge is 2.27. The molecule has 0 bridgehead atoms. The molecule has 27 nitrogen and oxygen atoms in total. The largest absolute Gasteiger partial charge is 0.505 e. The molecule has 5 rings (SSSR count). The van der Waals surface area contributed by atoms with E-state index in [1.54, 1.807) is 0 Å². The number of fused-ring (bicyclic) bond motifs is 1. The van der Waals surface area contributed by atoms with Crippen LogP contribution in [0, 0.1) is 0 Å². The number of aromatic hydroxyl groups is 2. The highest BCUT2D eigenvalue weighted by molar-refractivity contribution is 7.95. The number of nitrogens with zero attached hydrogens (tertiary/aromatic N) is 6. The maximum atomic E-state index is 12.6. The van der Waals surface area contributed by atoms with Gasteiger partial charge >= 0.3 is 0 Å². The van der Waals surface area contributed by atoms with Gasteiger partial charge in [0.15, 0.2) is 11.5 Å². The van der Waals surface area contributed by atoms with Crippen LogP contribution in [0.1, 0.15) is 6.92 Å². The predicted molar refractivity (Wildman–Crippen MR) is 224 cm³/mol. The minimum atomic E-state index is -5.21. The zero-order valence-corrected chi connectivity index (χ0v) is 35.8. The number of benzene rings is 5. The summed E-state index contributed by atoms with van der Waals surface area (Å²) in [6.45, 7) is -0.600. The van der Waals surface area contributed by atoms with Crippen molar-refractivity contribution < 1.29 is 89.9 Å². The summed E-state index contributed by atoms with van der Waals surface area (Å²) < 4.78 is 89.8. The number of carbonyl (C=O) groups is 1. The van der Waals surface area contributed by atoms with Gasteiger partial charge in [-0.1, -0.05) is 10.1 Å². The summed E-state index contributed by atoms with van der Waals surface area (Å²) in [5.41, 5.74) is 3.61. The lowest BCUT2D eigenvalue weighted by molar-refractivity contribution is -0.432. The number of nitrogens with one attached hydrogen (secondary N) is 1. The Hall–Kier alpha value is -6.17. The standard InChI is InChI=1S/C34H32N8O19S4/c1-16(45)36-19-3-5-21(28(13-19)64(50,51)52)38-39-22-14-25(57-9-7-44)23(15-24(22)56-8-6-43)40-41-31-27(63-61-59-49)10-17-11-29(65(53,54)55)32(34(47)30(17)33(31)46)42-37-20-4-2-18(35)12-26(20)62-60-58-48/h2-5,10-15,43-44,46-49H,6-9,35H2,1H3,(H,36,45)(H,50,51,52)(H,53,54,55). The van der Waals surface area contributed by atoms with Crippen LogP contribution >= 0.6 is 24.1 Å². The van der Waals surface area contributed by atoms with Crippen LogP contribution in [0.15, 0.2) is 111 Å². The summed E-state index contributed by atoms with van der Waals surface area (Å²) in [5.74, 6) is -2.97. The first-order chi connectivity index (χ1) is 30.9. The van der Waals surface area contributed by atoms with Crippen molar-refractivity contribution in [3.8, 4) is 23.0 Å². The molecule has 31 heteroatoms. The fourth-order valence-electron chi connectivity index (χ4n) is 5.34. The van der Waals surface area contributed by atoms with Crippen molar-refractivity contribution in [2.75, 3.05) is 37.5 Å². The monoisotopic (exact) mass is 984 g/mol. The normalized spacial score (nSPS) is 12.2. The Morgan fingerprint density at radius 1 is 0.662 bits per heavy atom. The third-order valence-corrected chi connectivity index (χ3v) is 10.9. The number of anilines is 2. The first kappa shape index (κ1) is 49.8. The maximum absolute atomic E-state index is 12.6. The number of phenols is 2. The second kappa shape index (κ2) is 22.1. The van der Waals surface area contributed by atoms with Gasteiger partial charge in [0.05, 0.1) is 52.5 Å². The van der Waals surface area contributed by atoms with Crippen molar-refractivity contribution in [1.29, 1.82) is 0 Å². The minimum Gasteiger partial charge on any atom is -0.505 e. The zero-order chi connectivity index (χ0) is 47.5.